The number of hydrogen-bond acceptors (Lipinski definition) is 3. The van der Waals surface area contributed by atoms with Crippen molar-refractivity contribution < 1.29 is 9.59 Å². The van der Waals surface area contributed by atoms with Gasteiger partial charge in [0.25, 0.3) is 5.91 Å². The van der Waals surface area contributed by atoms with E-state index in [4.69, 9.17) is 17.3 Å². The van der Waals surface area contributed by atoms with Gasteiger partial charge >= 0.3 is 0 Å². The highest BCUT2D eigenvalue weighted by atomic mass is 79.9. The van der Waals surface area contributed by atoms with Gasteiger partial charge in [0.2, 0.25) is 5.91 Å². The first-order valence-corrected chi connectivity index (χ1v) is 7.91. The van der Waals surface area contributed by atoms with Crippen LogP contribution in [0.5, 0.6) is 0 Å². The molecule has 1 aromatic rings. The van der Waals surface area contributed by atoms with Crippen LogP contribution in [0, 0.1) is 0 Å². The normalized spacial score (nSPS) is 15.7. The van der Waals surface area contributed by atoms with Crippen molar-refractivity contribution in [1.29, 1.82) is 0 Å². The van der Waals surface area contributed by atoms with Gasteiger partial charge < -0.3 is 16.0 Å². The van der Waals surface area contributed by atoms with Crippen LogP contribution in [0.15, 0.2) is 22.7 Å². The molecule has 0 bridgehead atoms. The van der Waals surface area contributed by atoms with Crippen molar-refractivity contribution in [2.75, 3.05) is 19.6 Å². The van der Waals surface area contributed by atoms with E-state index in [1.807, 2.05) is 0 Å². The van der Waals surface area contributed by atoms with E-state index < -0.39 is 5.91 Å². The van der Waals surface area contributed by atoms with Crippen LogP contribution >= 0.6 is 27.5 Å². The number of benzene rings is 1. The van der Waals surface area contributed by atoms with Crippen molar-refractivity contribution >= 4 is 39.3 Å². The predicted molar refractivity (Wildman–Crippen MR) is 85.3 cm³/mol. The zero-order valence-electron chi connectivity index (χ0n) is 11.4. The Morgan fingerprint density at radius 2 is 2.05 bits per heavy atom. The number of nitrogens with two attached hydrogens (primary N) is 1. The molecule has 1 aromatic carbocycles. The second-order valence-corrected chi connectivity index (χ2v) is 6.30. The van der Waals surface area contributed by atoms with E-state index in [2.05, 4.69) is 21.2 Å². The maximum Gasteiger partial charge on any atom is 0.255 e. The summed E-state index contributed by atoms with van der Waals surface area (Å²) >= 11 is 9.32. The quantitative estimate of drug-likeness (QED) is 0.843. The van der Waals surface area contributed by atoms with Gasteiger partial charge in [0.1, 0.15) is 0 Å². The summed E-state index contributed by atoms with van der Waals surface area (Å²) in [5.41, 5.74) is 5.74. The fraction of sp³-hybridized carbons (Fsp3) is 0.429. The van der Waals surface area contributed by atoms with E-state index in [1.165, 1.54) is 0 Å². The molecule has 2 amide bonds. The van der Waals surface area contributed by atoms with Crippen LogP contribution in [-0.2, 0) is 4.79 Å². The van der Waals surface area contributed by atoms with Gasteiger partial charge in [-0.3, -0.25) is 9.59 Å². The molecule has 1 fully saturated rings. The highest BCUT2D eigenvalue weighted by molar-refractivity contribution is 9.10. The predicted octanol–water partition coefficient (Wildman–Crippen LogP) is 1.78. The van der Waals surface area contributed by atoms with Crippen molar-refractivity contribution in [3.63, 3.8) is 0 Å². The maximum absolute atomic E-state index is 12.8. The number of nitrogens with zero attached hydrogens (tertiary/aromatic N) is 1. The Bertz CT molecular complexity index is 547. The molecule has 5 nitrogen and oxygen atoms in total. The molecule has 0 atom stereocenters. The number of amides is 2. The Morgan fingerprint density at radius 1 is 1.38 bits per heavy atom. The molecule has 1 heterocycles. The first kappa shape index (κ1) is 16.3. The van der Waals surface area contributed by atoms with E-state index >= 15 is 0 Å². The summed E-state index contributed by atoms with van der Waals surface area (Å²) < 4.78 is 0.653. The number of primary amides is 1. The summed E-state index contributed by atoms with van der Waals surface area (Å²) in [6.07, 6.45) is 1.61. The van der Waals surface area contributed by atoms with Crippen molar-refractivity contribution in [3.05, 3.63) is 33.3 Å². The van der Waals surface area contributed by atoms with Crippen LogP contribution in [0.4, 0.5) is 0 Å². The fourth-order valence-corrected chi connectivity index (χ4v) is 3.06. The lowest BCUT2D eigenvalue weighted by Gasteiger charge is -2.34. The lowest BCUT2D eigenvalue weighted by molar-refractivity contribution is -0.119. The summed E-state index contributed by atoms with van der Waals surface area (Å²) in [6.45, 7) is 1.57. The summed E-state index contributed by atoms with van der Waals surface area (Å²) in [4.78, 5) is 25.6. The topological polar surface area (TPSA) is 75.4 Å². The average Bonchev–Trinajstić information content (AvgIpc) is 2.47. The van der Waals surface area contributed by atoms with Gasteiger partial charge in [-0.2, -0.15) is 0 Å². The average molecular weight is 375 g/mol. The molecule has 1 aliphatic heterocycles. The largest absolute Gasteiger partial charge is 0.368 e. The van der Waals surface area contributed by atoms with E-state index in [0.717, 1.165) is 25.9 Å². The molecule has 1 saturated heterocycles. The third-order valence-electron chi connectivity index (χ3n) is 3.50. The molecule has 114 valence electrons. The van der Waals surface area contributed by atoms with Crippen LogP contribution in [-0.4, -0.2) is 42.4 Å². The zero-order chi connectivity index (χ0) is 15.4. The molecule has 0 spiro atoms. The number of nitrogens with one attached hydrogen (secondary N) is 1. The lowest BCUT2D eigenvalue weighted by atomic mass is 10.0. The molecule has 2 rings (SSSR count). The minimum Gasteiger partial charge on any atom is -0.368 e. The smallest absolute Gasteiger partial charge is 0.255 e. The molecule has 7 heteroatoms. The molecule has 0 unspecified atom stereocenters. The van der Waals surface area contributed by atoms with Crippen LogP contribution in [0.1, 0.15) is 23.2 Å². The molecular weight excluding hydrogens is 358 g/mol. The second kappa shape index (κ2) is 7.24. The van der Waals surface area contributed by atoms with E-state index in [-0.39, 0.29) is 18.5 Å². The van der Waals surface area contributed by atoms with Gasteiger partial charge in [-0.1, -0.05) is 11.6 Å². The van der Waals surface area contributed by atoms with Crippen LogP contribution in [0.2, 0.25) is 5.02 Å². The third kappa shape index (κ3) is 4.18. The number of rotatable bonds is 4. The molecular formula is C14H17BrClN3O2. The molecule has 1 aliphatic rings. The Morgan fingerprint density at radius 3 is 2.67 bits per heavy atom. The van der Waals surface area contributed by atoms with Gasteiger partial charge in [-0.15, -0.1) is 0 Å². The number of halogens is 2. The first-order chi connectivity index (χ1) is 9.99. The van der Waals surface area contributed by atoms with Gasteiger partial charge in [0.05, 0.1) is 12.1 Å². The van der Waals surface area contributed by atoms with Crippen molar-refractivity contribution in [1.82, 2.24) is 10.2 Å². The van der Waals surface area contributed by atoms with Crippen LogP contribution in [0.3, 0.4) is 0 Å². The lowest BCUT2D eigenvalue weighted by Crippen LogP contribution is -2.49. The number of carbonyl (C=O) groups excluding carboxylic acids is 2. The highest BCUT2D eigenvalue weighted by Crippen LogP contribution is 2.24. The highest BCUT2D eigenvalue weighted by Gasteiger charge is 2.28. The SMILES string of the molecule is NC(=O)CN(C(=O)c1cc(Cl)ccc1Br)C1CCNCC1. The minimum atomic E-state index is -0.514. The second-order valence-electron chi connectivity index (χ2n) is 5.00. The van der Waals surface area contributed by atoms with Gasteiger partial charge in [0.15, 0.2) is 0 Å². The fourth-order valence-electron chi connectivity index (χ4n) is 2.47. The van der Waals surface area contributed by atoms with E-state index in [0.29, 0.717) is 15.1 Å². The number of carbonyl (C=O) groups is 2. The standard InChI is InChI=1S/C14H17BrClN3O2/c15-12-2-1-9(16)7-11(12)14(21)19(8-13(17)20)10-3-5-18-6-4-10/h1-2,7,10,18H,3-6,8H2,(H2,17,20). The molecule has 0 aliphatic carbocycles. The molecule has 21 heavy (non-hydrogen) atoms. The van der Waals surface area contributed by atoms with E-state index in [1.54, 1.807) is 23.1 Å². The summed E-state index contributed by atoms with van der Waals surface area (Å²) in [7, 11) is 0. The Hall–Kier alpha value is -1.11. The number of piperidine rings is 1. The maximum atomic E-state index is 12.8. The van der Waals surface area contributed by atoms with Gasteiger partial charge in [0, 0.05) is 15.5 Å². The zero-order valence-corrected chi connectivity index (χ0v) is 13.8. The minimum absolute atomic E-state index is 0.0112. The Labute approximate surface area is 136 Å². The summed E-state index contributed by atoms with van der Waals surface area (Å²) in [5, 5.41) is 3.72. The molecule has 0 radical (unpaired) electrons. The molecule has 0 aromatic heterocycles. The van der Waals surface area contributed by atoms with Gasteiger partial charge in [-0.25, -0.2) is 0 Å². The Kier molecular flexibility index (Phi) is 5.61. The summed E-state index contributed by atoms with van der Waals surface area (Å²) in [5.74, 6) is -0.741. The van der Waals surface area contributed by atoms with Crippen molar-refractivity contribution in [3.8, 4) is 0 Å². The molecule has 3 N–H and O–H groups in total. The number of hydrogen-bond donors (Lipinski definition) is 2. The van der Waals surface area contributed by atoms with Gasteiger partial charge in [-0.05, 0) is 60.1 Å². The van der Waals surface area contributed by atoms with Crippen molar-refractivity contribution in [2.24, 2.45) is 5.73 Å². The third-order valence-corrected chi connectivity index (χ3v) is 4.42. The van der Waals surface area contributed by atoms with Crippen LogP contribution in [0.25, 0.3) is 0 Å². The first-order valence-electron chi connectivity index (χ1n) is 6.74. The summed E-state index contributed by atoms with van der Waals surface area (Å²) in [6, 6.07) is 5.03. The molecule has 0 saturated carbocycles. The van der Waals surface area contributed by atoms with Crippen LogP contribution < -0.4 is 11.1 Å². The van der Waals surface area contributed by atoms with E-state index in [9.17, 15) is 9.59 Å². The monoisotopic (exact) mass is 373 g/mol. The van der Waals surface area contributed by atoms with Crippen molar-refractivity contribution in [2.45, 2.75) is 18.9 Å². The Balaban J connectivity index is 2.28.